The van der Waals surface area contributed by atoms with Gasteiger partial charge in [0.2, 0.25) is 0 Å². The Morgan fingerprint density at radius 2 is 2.19 bits per heavy atom. The summed E-state index contributed by atoms with van der Waals surface area (Å²) in [5.41, 5.74) is 6.98. The van der Waals surface area contributed by atoms with E-state index in [1.807, 2.05) is 6.92 Å². The average molecular weight is 294 g/mol. The van der Waals surface area contributed by atoms with Gasteiger partial charge in [-0.3, -0.25) is 0 Å². The summed E-state index contributed by atoms with van der Waals surface area (Å²) in [4.78, 5) is 2.47. The summed E-state index contributed by atoms with van der Waals surface area (Å²) in [5, 5.41) is 0. The van der Waals surface area contributed by atoms with Crippen molar-refractivity contribution in [1.82, 2.24) is 4.90 Å². The first kappa shape index (κ1) is 16.2. The lowest BCUT2D eigenvalue weighted by Gasteiger charge is -2.40. The number of benzene rings is 1. The van der Waals surface area contributed by atoms with Gasteiger partial charge in [-0.05, 0) is 51.1 Å². The standard InChI is InChI=1S/C17H27FN2O/c1-3-20-10-6-5-7-16(20)15(12-19)14-11-13(18)8-9-17(14)21-4-2/h8-9,11,15-16H,3-7,10,12,19H2,1-2H3. The third-order valence-corrected chi connectivity index (χ3v) is 4.46. The number of hydrogen-bond acceptors (Lipinski definition) is 3. The molecule has 3 nitrogen and oxygen atoms in total. The molecular formula is C17H27FN2O. The number of likely N-dealkylation sites (N-methyl/N-ethyl adjacent to an activating group) is 1. The molecule has 0 amide bonds. The first-order valence-electron chi connectivity index (χ1n) is 8.07. The number of likely N-dealkylation sites (tertiary alicyclic amines) is 1. The molecule has 2 atom stereocenters. The lowest BCUT2D eigenvalue weighted by atomic mass is 9.84. The molecule has 2 rings (SSSR count). The van der Waals surface area contributed by atoms with Crippen LogP contribution in [-0.2, 0) is 0 Å². The van der Waals surface area contributed by atoms with Crippen LogP contribution in [0.25, 0.3) is 0 Å². The second kappa shape index (κ2) is 7.76. The Kier molecular flexibility index (Phi) is 6.00. The fourth-order valence-electron chi connectivity index (χ4n) is 3.45. The van der Waals surface area contributed by atoms with Crippen molar-refractivity contribution < 1.29 is 9.13 Å². The summed E-state index contributed by atoms with van der Waals surface area (Å²) in [6, 6.07) is 5.18. The summed E-state index contributed by atoms with van der Waals surface area (Å²) < 4.78 is 19.4. The van der Waals surface area contributed by atoms with Crippen molar-refractivity contribution in [3.63, 3.8) is 0 Å². The van der Waals surface area contributed by atoms with Crippen LogP contribution in [0.15, 0.2) is 18.2 Å². The number of hydrogen-bond donors (Lipinski definition) is 1. The van der Waals surface area contributed by atoms with E-state index >= 15 is 0 Å². The van der Waals surface area contributed by atoms with Gasteiger partial charge in [0.15, 0.2) is 0 Å². The van der Waals surface area contributed by atoms with Crippen LogP contribution in [0.3, 0.4) is 0 Å². The maximum Gasteiger partial charge on any atom is 0.123 e. The fourth-order valence-corrected chi connectivity index (χ4v) is 3.45. The minimum atomic E-state index is -0.217. The molecule has 0 aliphatic carbocycles. The Hall–Kier alpha value is -1.13. The topological polar surface area (TPSA) is 38.5 Å². The normalized spacial score (nSPS) is 21.2. The summed E-state index contributed by atoms with van der Waals surface area (Å²) in [5.74, 6) is 0.684. The molecule has 1 aliphatic heterocycles. The molecule has 1 saturated heterocycles. The highest BCUT2D eigenvalue weighted by atomic mass is 19.1. The number of piperidine rings is 1. The van der Waals surface area contributed by atoms with Crippen molar-refractivity contribution in [1.29, 1.82) is 0 Å². The predicted octanol–water partition coefficient (Wildman–Crippen LogP) is 3.14. The van der Waals surface area contributed by atoms with E-state index in [1.54, 1.807) is 12.1 Å². The van der Waals surface area contributed by atoms with Gasteiger partial charge in [0.25, 0.3) is 0 Å². The maximum atomic E-state index is 13.7. The average Bonchev–Trinajstić information content (AvgIpc) is 2.51. The number of rotatable bonds is 6. The highest BCUT2D eigenvalue weighted by molar-refractivity contribution is 5.38. The fraction of sp³-hybridized carbons (Fsp3) is 0.647. The smallest absolute Gasteiger partial charge is 0.123 e. The first-order valence-corrected chi connectivity index (χ1v) is 8.07. The summed E-state index contributed by atoms with van der Waals surface area (Å²) in [6.45, 7) is 7.35. The monoisotopic (exact) mass is 294 g/mol. The second-order valence-corrected chi connectivity index (χ2v) is 5.65. The Balaban J connectivity index is 2.33. The molecule has 1 aromatic rings. The van der Waals surface area contributed by atoms with E-state index in [2.05, 4.69) is 11.8 Å². The number of ether oxygens (including phenoxy) is 1. The van der Waals surface area contributed by atoms with E-state index in [0.717, 1.165) is 30.8 Å². The molecule has 0 spiro atoms. The van der Waals surface area contributed by atoms with E-state index in [4.69, 9.17) is 10.5 Å². The molecule has 21 heavy (non-hydrogen) atoms. The largest absolute Gasteiger partial charge is 0.494 e. The Morgan fingerprint density at radius 3 is 2.86 bits per heavy atom. The van der Waals surface area contributed by atoms with Gasteiger partial charge >= 0.3 is 0 Å². The molecule has 118 valence electrons. The van der Waals surface area contributed by atoms with Gasteiger partial charge in [0.05, 0.1) is 6.61 Å². The van der Waals surface area contributed by atoms with Crippen LogP contribution in [0.5, 0.6) is 5.75 Å². The number of nitrogens with two attached hydrogens (primary N) is 1. The summed E-state index contributed by atoms with van der Waals surface area (Å²) >= 11 is 0. The second-order valence-electron chi connectivity index (χ2n) is 5.65. The third kappa shape index (κ3) is 3.74. The molecule has 0 aromatic heterocycles. The van der Waals surface area contributed by atoms with Crippen LogP contribution in [0.1, 0.15) is 44.6 Å². The Morgan fingerprint density at radius 1 is 1.38 bits per heavy atom. The predicted molar refractivity (Wildman–Crippen MR) is 84.3 cm³/mol. The van der Waals surface area contributed by atoms with Crippen molar-refractivity contribution in [3.05, 3.63) is 29.6 Å². The van der Waals surface area contributed by atoms with Crippen molar-refractivity contribution in [2.45, 2.75) is 45.1 Å². The van der Waals surface area contributed by atoms with Crippen molar-refractivity contribution in [3.8, 4) is 5.75 Å². The van der Waals surface area contributed by atoms with Crippen LogP contribution in [0.2, 0.25) is 0 Å². The maximum absolute atomic E-state index is 13.7. The van der Waals surface area contributed by atoms with E-state index in [-0.39, 0.29) is 11.7 Å². The van der Waals surface area contributed by atoms with Crippen molar-refractivity contribution in [2.75, 3.05) is 26.2 Å². The minimum Gasteiger partial charge on any atom is -0.494 e. The van der Waals surface area contributed by atoms with Gasteiger partial charge in [-0.15, -0.1) is 0 Å². The van der Waals surface area contributed by atoms with Gasteiger partial charge in [-0.1, -0.05) is 13.3 Å². The van der Waals surface area contributed by atoms with E-state index < -0.39 is 0 Å². The van der Waals surface area contributed by atoms with Crippen LogP contribution in [0.4, 0.5) is 4.39 Å². The SMILES string of the molecule is CCOc1ccc(F)cc1C(CN)C1CCCCN1CC. The lowest BCUT2D eigenvalue weighted by Crippen LogP contribution is -2.45. The molecule has 1 aliphatic rings. The highest BCUT2D eigenvalue weighted by Crippen LogP contribution is 2.35. The molecule has 4 heteroatoms. The van der Waals surface area contributed by atoms with E-state index in [0.29, 0.717) is 19.2 Å². The van der Waals surface area contributed by atoms with Crippen molar-refractivity contribution in [2.24, 2.45) is 5.73 Å². The zero-order chi connectivity index (χ0) is 15.2. The van der Waals surface area contributed by atoms with Crippen LogP contribution < -0.4 is 10.5 Å². The Labute approximate surface area is 127 Å². The van der Waals surface area contributed by atoms with Gasteiger partial charge in [0.1, 0.15) is 11.6 Å². The molecular weight excluding hydrogens is 267 g/mol. The third-order valence-electron chi connectivity index (χ3n) is 4.46. The molecule has 0 saturated carbocycles. The molecule has 0 radical (unpaired) electrons. The first-order chi connectivity index (χ1) is 10.2. The minimum absolute atomic E-state index is 0.127. The molecule has 1 aromatic carbocycles. The van der Waals surface area contributed by atoms with Gasteiger partial charge < -0.3 is 15.4 Å². The van der Waals surface area contributed by atoms with Gasteiger partial charge in [0, 0.05) is 24.1 Å². The molecule has 1 heterocycles. The van der Waals surface area contributed by atoms with E-state index in [9.17, 15) is 4.39 Å². The number of halogens is 1. The number of nitrogens with zero attached hydrogens (tertiary/aromatic N) is 1. The van der Waals surface area contributed by atoms with Crippen LogP contribution >= 0.6 is 0 Å². The zero-order valence-electron chi connectivity index (χ0n) is 13.1. The van der Waals surface area contributed by atoms with Crippen LogP contribution in [-0.4, -0.2) is 37.2 Å². The molecule has 2 unspecified atom stereocenters. The lowest BCUT2D eigenvalue weighted by molar-refractivity contribution is 0.132. The Bertz CT molecular complexity index is 452. The quantitative estimate of drug-likeness (QED) is 0.876. The molecule has 2 N–H and O–H groups in total. The summed E-state index contributed by atoms with van der Waals surface area (Å²) in [7, 11) is 0. The molecule has 1 fully saturated rings. The van der Waals surface area contributed by atoms with Crippen molar-refractivity contribution >= 4 is 0 Å². The van der Waals surface area contributed by atoms with Crippen LogP contribution in [0, 0.1) is 5.82 Å². The molecule has 0 bridgehead atoms. The zero-order valence-corrected chi connectivity index (χ0v) is 13.1. The van der Waals surface area contributed by atoms with E-state index in [1.165, 1.54) is 18.9 Å². The summed E-state index contributed by atoms with van der Waals surface area (Å²) in [6.07, 6.45) is 3.58. The van der Waals surface area contributed by atoms with Gasteiger partial charge in [-0.25, -0.2) is 4.39 Å². The van der Waals surface area contributed by atoms with Gasteiger partial charge in [-0.2, -0.15) is 0 Å². The highest BCUT2D eigenvalue weighted by Gasteiger charge is 2.31.